The molecule has 2 N–H and O–H groups in total. The number of benzene rings is 1. The molecule has 1 aliphatic rings. The molecule has 0 atom stereocenters. The van der Waals surface area contributed by atoms with Gasteiger partial charge in [-0.3, -0.25) is 19.7 Å². The molecule has 2 aromatic heterocycles. The average Bonchev–Trinajstić information content (AvgIpc) is 3.49. The molecule has 4 rings (SSSR count). The second-order valence-electron chi connectivity index (χ2n) is 6.84. The third-order valence-electron chi connectivity index (χ3n) is 4.67. The number of rotatable bonds is 7. The highest BCUT2D eigenvalue weighted by atomic mass is 32.1. The molecule has 3 heterocycles. The number of furan rings is 1. The normalized spacial score (nSPS) is 13.5. The van der Waals surface area contributed by atoms with Crippen molar-refractivity contribution in [2.45, 2.75) is 25.8 Å². The van der Waals surface area contributed by atoms with Crippen molar-refractivity contribution >= 4 is 39.9 Å². The van der Waals surface area contributed by atoms with Crippen molar-refractivity contribution in [3.05, 3.63) is 65.1 Å². The second-order valence-corrected chi connectivity index (χ2v) is 7.70. The van der Waals surface area contributed by atoms with E-state index in [9.17, 15) is 14.4 Å². The number of nitrogens with one attached hydrogen (secondary N) is 2. The molecule has 0 aliphatic carbocycles. The molecule has 30 heavy (non-hydrogen) atoms. The molecule has 1 saturated heterocycles. The molecular weight excluding hydrogens is 404 g/mol. The van der Waals surface area contributed by atoms with Gasteiger partial charge in [0.1, 0.15) is 0 Å². The van der Waals surface area contributed by atoms with Crippen molar-refractivity contribution in [2.24, 2.45) is 0 Å². The summed E-state index contributed by atoms with van der Waals surface area (Å²) in [6, 6.07) is 10.8. The maximum Gasteiger partial charge on any atom is 0.293 e. The van der Waals surface area contributed by atoms with Crippen molar-refractivity contribution in [2.75, 3.05) is 16.8 Å². The molecule has 1 aliphatic heterocycles. The Hall–Kier alpha value is -3.46. The second kappa shape index (κ2) is 8.91. The number of carbonyl (C=O) groups is 3. The zero-order valence-corrected chi connectivity index (χ0v) is 16.9. The predicted octanol–water partition coefficient (Wildman–Crippen LogP) is 2.97. The fourth-order valence-electron chi connectivity index (χ4n) is 3.15. The largest absolute Gasteiger partial charge is 0.459 e. The number of anilines is 2. The number of amides is 3. The van der Waals surface area contributed by atoms with Crippen molar-refractivity contribution in [3.63, 3.8) is 0 Å². The topological polar surface area (TPSA) is 105 Å². The minimum Gasteiger partial charge on any atom is -0.459 e. The van der Waals surface area contributed by atoms with Gasteiger partial charge in [0.2, 0.25) is 11.8 Å². The molecule has 0 unspecified atom stereocenters. The van der Waals surface area contributed by atoms with Crippen LogP contribution >= 0.6 is 11.3 Å². The highest BCUT2D eigenvalue weighted by Crippen LogP contribution is 2.21. The van der Waals surface area contributed by atoms with E-state index in [1.807, 2.05) is 24.3 Å². The van der Waals surface area contributed by atoms with Crippen LogP contribution in [-0.2, 0) is 22.6 Å². The molecule has 1 aromatic carbocycles. The zero-order chi connectivity index (χ0) is 20.9. The van der Waals surface area contributed by atoms with Crippen LogP contribution in [0.4, 0.5) is 10.8 Å². The summed E-state index contributed by atoms with van der Waals surface area (Å²) in [4.78, 5) is 42.0. The summed E-state index contributed by atoms with van der Waals surface area (Å²) < 4.78 is 5.04. The SMILES string of the molecule is O=C(Cc1csc(NC(=O)c2ccco2)n1)NCc1ccc(N2CCCC2=O)cc1. The van der Waals surface area contributed by atoms with Crippen LogP contribution in [-0.4, -0.2) is 29.3 Å². The summed E-state index contributed by atoms with van der Waals surface area (Å²) in [7, 11) is 0. The first-order valence-corrected chi connectivity index (χ1v) is 10.4. The van der Waals surface area contributed by atoms with E-state index >= 15 is 0 Å². The van der Waals surface area contributed by atoms with Gasteiger partial charge in [0, 0.05) is 30.6 Å². The first kappa shape index (κ1) is 19.8. The third-order valence-corrected chi connectivity index (χ3v) is 5.48. The lowest BCUT2D eigenvalue weighted by atomic mass is 10.2. The Morgan fingerprint density at radius 1 is 1.20 bits per heavy atom. The number of thiazole rings is 1. The van der Waals surface area contributed by atoms with Crippen molar-refractivity contribution in [1.82, 2.24) is 10.3 Å². The number of aromatic nitrogens is 1. The molecular formula is C21H20N4O4S. The first-order chi connectivity index (χ1) is 14.6. The van der Waals surface area contributed by atoms with E-state index in [1.54, 1.807) is 22.4 Å². The molecule has 1 fully saturated rings. The number of nitrogens with zero attached hydrogens (tertiary/aromatic N) is 2. The van der Waals surface area contributed by atoms with Crippen molar-refractivity contribution in [1.29, 1.82) is 0 Å². The lowest BCUT2D eigenvalue weighted by Crippen LogP contribution is -2.25. The van der Waals surface area contributed by atoms with E-state index in [0.29, 0.717) is 23.8 Å². The fraction of sp³-hybridized carbons (Fsp3) is 0.238. The van der Waals surface area contributed by atoms with Crippen LogP contribution in [0.25, 0.3) is 0 Å². The average molecular weight is 424 g/mol. The highest BCUT2D eigenvalue weighted by Gasteiger charge is 2.21. The van der Waals surface area contributed by atoms with E-state index in [4.69, 9.17) is 4.42 Å². The quantitative estimate of drug-likeness (QED) is 0.607. The van der Waals surface area contributed by atoms with Gasteiger partial charge < -0.3 is 14.6 Å². The summed E-state index contributed by atoms with van der Waals surface area (Å²) in [5, 5.41) is 7.65. The van der Waals surface area contributed by atoms with Gasteiger partial charge in [-0.1, -0.05) is 12.1 Å². The first-order valence-electron chi connectivity index (χ1n) is 9.54. The van der Waals surface area contributed by atoms with Gasteiger partial charge in [-0.25, -0.2) is 4.98 Å². The monoisotopic (exact) mass is 424 g/mol. The summed E-state index contributed by atoms with van der Waals surface area (Å²) in [5.74, 6) is -0.198. The molecule has 8 nitrogen and oxygen atoms in total. The van der Waals surface area contributed by atoms with Crippen LogP contribution in [0.3, 0.4) is 0 Å². The van der Waals surface area contributed by atoms with E-state index < -0.39 is 0 Å². The molecule has 3 amide bonds. The Balaban J connectivity index is 1.25. The van der Waals surface area contributed by atoms with Gasteiger partial charge in [0.15, 0.2) is 10.9 Å². The highest BCUT2D eigenvalue weighted by molar-refractivity contribution is 7.14. The van der Waals surface area contributed by atoms with Crippen LogP contribution in [0.2, 0.25) is 0 Å². The van der Waals surface area contributed by atoms with Crippen LogP contribution in [0.1, 0.15) is 34.7 Å². The van der Waals surface area contributed by atoms with Gasteiger partial charge in [-0.2, -0.15) is 0 Å². The van der Waals surface area contributed by atoms with Gasteiger partial charge in [-0.05, 0) is 36.2 Å². The summed E-state index contributed by atoms with van der Waals surface area (Å²) >= 11 is 1.25. The van der Waals surface area contributed by atoms with Crippen LogP contribution in [0.15, 0.2) is 52.5 Å². The Morgan fingerprint density at radius 3 is 2.73 bits per heavy atom. The Bertz CT molecular complexity index is 1040. The Morgan fingerprint density at radius 2 is 2.03 bits per heavy atom. The molecule has 9 heteroatoms. The van der Waals surface area contributed by atoms with Gasteiger partial charge in [-0.15, -0.1) is 11.3 Å². The third kappa shape index (κ3) is 4.74. The van der Waals surface area contributed by atoms with E-state index in [0.717, 1.165) is 24.2 Å². The van der Waals surface area contributed by atoms with Crippen LogP contribution in [0.5, 0.6) is 0 Å². The molecule has 3 aromatic rings. The molecule has 0 spiro atoms. The van der Waals surface area contributed by atoms with Gasteiger partial charge >= 0.3 is 0 Å². The molecule has 0 radical (unpaired) electrons. The number of hydrogen-bond donors (Lipinski definition) is 2. The summed E-state index contributed by atoms with van der Waals surface area (Å²) in [6.45, 7) is 1.14. The van der Waals surface area contributed by atoms with Crippen LogP contribution < -0.4 is 15.5 Å². The van der Waals surface area contributed by atoms with E-state index in [-0.39, 0.29) is 29.9 Å². The maximum absolute atomic E-state index is 12.2. The number of hydrogen-bond acceptors (Lipinski definition) is 6. The van der Waals surface area contributed by atoms with E-state index in [2.05, 4.69) is 15.6 Å². The minimum absolute atomic E-state index is 0.119. The number of carbonyl (C=O) groups excluding carboxylic acids is 3. The smallest absolute Gasteiger partial charge is 0.293 e. The summed E-state index contributed by atoms with van der Waals surface area (Å²) in [5.41, 5.74) is 2.41. The predicted molar refractivity (Wildman–Crippen MR) is 112 cm³/mol. The maximum atomic E-state index is 12.2. The molecule has 154 valence electrons. The standard InChI is InChI=1S/C21H20N4O4S/c26-18(11-15-13-30-21(23-15)24-20(28)17-3-2-10-29-17)22-12-14-5-7-16(8-6-14)25-9-1-4-19(25)27/h2-3,5-8,10,13H,1,4,9,11-12H2,(H,22,26)(H,23,24,28). The lowest BCUT2D eigenvalue weighted by molar-refractivity contribution is -0.120. The fourth-order valence-corrected chi connectivity index (χ4v) is 3.86. The molecule has 0 saturated carbocycles. The lowest BCUT2D eigenvalue weighted by Gasteiger charge is -2.16. The van der Waals surface area contributed by atoms with E-state index in [1.165, 1.54) is 17.6 Å². The van der Waals surface area contributed by atoms with Crippen LogP contribution in [0, 0.1) is 0 Å². The van der Waals surface area contributed by atoms with Crippen molar-refractivity contribution < 1.29 is 18.8 Å². The molecule has 0 bridgehead atoms. The van der Waals surface area contributed by atoms with Gasteiger partial charge in [0.05, 0.1) is 18.4 Å². The van der Waals surface area contributed by atoms with Gasteiger partial charge in [0.25, 0.3) is 5.91 Å². The summed E-state index contributed by atoms with van der Waals surface area (Å²) in [6.07, 6.45) is 3.03. The Kier molecular flexibility index (Phi) is 5.89. The Labute approximate surface area is 176 Å². The van der Waals surface area contributed by atoms with Crippen molar-refractivity contribution in [3.8, 4) is 0 Å². The zero-order valence-electron chi connectivity index (χ0n) is 16.1. The minimum atomic E-state index is -0.385.